The lowest BCUT2D eigenvalue weighted by molar-refractivity contribution is 0.0505. The zero-order valence-corrected chi connectivity index (χ0v) is 32.5. The van der Waals surface area contributed by atoms with E-state index in [-0.39, 0.29) is 28.3 Å². The molecule has 0 spiro atoms. The summed E-state index contributed by atoms with van der Waals surface area (Å²) in [6, 6.07) is 34.0. The lowest BCUT2D eigenvalue weighted by Gasteiger charge is -2.21. The first-order valence-electron chi connectivity index (χ1n) is 17.5. The minimum Gasteiger partial charge on any atom is -0.508 e. The molecule has 0 saturated carbocycles. The van der Waals surface area contributed by atoms with Crippen molar-refractivity contribution in [3.05, 3.63) is 143 Å². The number of esters is 1. The van der Waals surface area contributed by atoms with E-state index in [4.69, 9.17) is 19.3 Å². The van der Waals surface area contributed by atoms with Crippen LogP contribution in [0.15, 0.2) is 115 Å². The zero-order chi connectivity index (χ0) is 39.6. The highest BCUT2D eigenvalue weighted by Gasteiger charge is 2.19. The van der Waals surface area contributed by atoms with Crippen LogP contribution in [0.4, 0.5) is 0 Å². The second-order valence-electron chi connectivity index (χ2n) is 14.2. The smallest absolute Gasteiger partial charge is 0.338 e. The molecule has 8 heteroatoms. The summed E-state index contributed by atoms with van der Waals surface area (Å²) < 4.78 is 15.2. The summed E-state index contributed by atoms with van der Waals surface area (Å²) in [4.78, 5) is 11.2. The van der Waals surface area contributed by atoms with Gasteiger partial charge in [0, 0.05) is 17.5 Å². The number of para-hydroxylation sites is 1. The molecular weight excluding hydrogens is 668 g/mol. The molecule has 284 valence electrons. The third-order valence-corrected chi connectivity index (χ3v) is 7.77. The van der Waals surface area contributed by atoms with Crippen LogP contribution in [0.25, 0.3) is 0 Å². The number of ether oxygens (including phenoxy) is 3. The fraction of sp³-hybridized carbons (Fsp3) is 0.311. The van der Waals surface area contributed by atoms with Gasteiger partial charge in [-0.05, 0) is 95.1 Å². The molecule has 0 atom stereocenters. The van der Waals surface area contributed by atoms with E-state index in [0.29, 0.717) is 23.7 Å². The summed E-state index contributed by atoms with van der Waals surface area (Å²) in [6.45, 7) is 14.8. The topological polar surface area (TPSA) is 126 Å². The van der Waals surface area contributed by atoms with Crippen molar-refractivity contribution in [1.29, 1.82) is 0 Å². The van der Waals surface area contributed by atoms with Gasteiger partial charge in [-0.3, -0.25) is 0 Å². The van der Waals surface area contributed by atoms with Gasteiger partial charge in [0.15, 0.2) is 0 Å². The van der Waals surface area contributed by atoms with E-state index < -0.39 is 0 Å². The summed E-state index contributed by atoms with van der Waals surface area (Å²) in [5, 5.41) is 37.5. The van der Waals surface area contributed by atoms with Crippen LogP contribution >= 0.6 is 0 Å². The highest BCUT2D eigenvalue weighted by Crippen LogP contribution is 2.34. The third-order valence-electron chi connectivity index (χ3n) is 7.77. The molecular formula is C45H56O8. The molecule has 53 heavy (non-hydrogen) atoms. The monoisotopic (exact) mass is 724 g/mol. The van der Waals surface area contributed by atoms with Crippen molar-refractivity contribution in [1.82, 2.24) is 0 Å². The van der Waals surface area contributed by atoms with Gasteiger partial charge >= 0.3 is 5.97 Å². The third kappa shape index (κ3) is 15.3. The summed E-state index contributed by atoms with van der Waals surface area (Å²) in [5.41, 5.74) is 4.52. The molecule has 0 aliphatic heterocycles. The number of hydrogen-bond donors (Lipinski definition) is 4. The molecule has 0 fully saturated rings. The number of methoxy groups -OCH3 is 2. The number of phenolic OH excluding ortho intramolecular Hbond substituents is 4. The van der Waals surface area contributed by atoms with Crippen molar-refractivity contribution in [2.75, 3.05) is 20.8 Å². The minimum atomic E-state index is -0.346. The summed E-state index contributed by atoms with van der Waals surface area (Å²) in [5.74, 6) is 2.39. The fourth-order valence-corrected chi connectivity index (χ4v) is 4.88. The van der Waals surface area contributed by atoms with Crippen molar-refractivity contribution in [2.24, 2.45) is 0 Å². The highest BCUT2D eigenvalue weighted by molar-refractivity contribution is 5.89. The van der Waals surface area contributed by atoms with Gasteiger partial charge in [0.05, 0.1) is 26.4 Å². The van der Waals surface area contributed by atoms with Crippen molar-refractivity contribution in [3.63, 3.8) is 0 Å². The first kappa shape index (κ1) is 43.5. The molecule has 0 saturated heterocycles. The maximum absolute atomic E-state index is 11.2. The fourth-order valence-electron chi connectivity index (χ4n) is 4.88. The van der Waals surface area contributed by atoms with E-state index in [1.54, 1.807) is 50.6 Å². The Hall–Kier alpha value is -5.63. The number of aromatic hydroxyl groups is 4. The Morgan fingerprint density at radius 3 is 1.74 bits per heavy atom. The van der Waals surface area contributed by atoms with E-state index in [9.17, 15) is 20.1 Å². The van der Waals surface area contributed by atoms with Gasteiger partial charge in [0.2, 0.25) is 0 Å². The first-order chi connectivity index (χ1) is 25.0. The molecule has 4 N–H and O–H groups in total. The van der Waals surface area contributed by atoms with Gasteiger partial charge in [-0.1, -0.05) is 97.0 Å². The van der Waals surface area contributed by atoms with E-state index in [1.807, 2.05) is 49.4 Å². The van der Waals surface area contributed by atoms with Crippen molar-refractivity contribution in [2.45, 2.75) is 72.1 Å². The van der Waals surface area contributed by atoms with Gasteiger partial charge < -0.3 is 34.6 Å². The van der Waals surface area contributed by atoms with Crippen LogP contribution < -0.4 is 9.47 Å². The van der Waals surface area contributed by atoms with E-state index >= 15 is 0 Å². The van der Waals surface area contributed by atoms with E-state index in [0.717, 1.165) is 41.0 Å². The van der Waals surface area contributed by atoms with Crippen LogP contribution in [-0.2, 0) is 22.0 Å². The average molecular weight is 725 g/mol. The second kappa shape index (κ2) is 21.0. The predicted octanol–water partition coefficient (Wildman–Crippen LogP) is 10.3. The minimum absolute atomic E-state index is 0.00984. The number of carbonyl (C=O) groups excluding carboxylic acids is 1. The van der Waals surface area contributed by atoms with Crippen LogP contribution in [0.2, 0.25) is 0 Å². The van der Waals surface area contributed by atoms with Crippen molar-refractivity contribution >= 4 is 5.97 Å². The summed E-state index contributed by atoms with van der Waals surface area (Å²) >= 11 is 0. The van der Waals surface area contributed by atoms with Crippen LogP contribution in [0, 0.1) is 0 Å². The van der Waals surface area contributed by atoms with Gasteiger partial charge in [-0.25, -0.2) is 4.79 Å². The SMILES string of the molecule is CCCOC(=O)c1ccc(O)cc1.COc1ccc(O)c(C(C)(C)C)c1.COc1ccc(O)cc1C(C)(C)C.Oc1ccccc1Cc1ccccc1. The molecule has 5 aromatic carbocycles. The lowest BCUT2D eigenvalue weighted by Crippen LogP contribution is -2.12. The lowest BCUT2D eigenvalue weighted by atomic mass is 9.86. The number of phenols is 4. The van der Waals surface area contributed by atoms with Gasteiger partial charge in [-0.2, -0.15) is 0 Å². The number of rotatable bonds is 7. The predicted molar refractivity (Wildman–Crippen MR) is 213 cm³/mol. The Morgan fingerprint density at radius 2 is 1.19 bits per heavy atom. The average Bonchev–Trinajstić information content (AvgIpc) is 3.12. The first-order valence-corrected chi connectivity index (χ1v) is 17.5. The van der Waals surface area contributed by atoms with Crippen LogP contribution in [0.5, 0.6) is 34.5 Å². The Bertz CT molecular complexity index is 1820. The molecule has 5 rings (SSSR count). The number of benzene rings is 5. The molecule has 0 heterocycles. The van der Waals surface area contributed by atoms with Gasteiger partial charge in [-0.15, -0.1) is 0 Å². The molecule has 0 radical (unpaired) electrons. The molecule has 0 unspecified atom stereocenters. The van der Waals surface area contributed by atoms with Crippen molar-refractivity contribution < 1.29 is 39.4 Å². The Labute approximate surface area is 315 Å². The Balaban J connectivity index is 0.000000245. The molecule has 0 aliphatic rings. The number of hydrogen-bond acceptors (Lipinski definition) is 8. The van der Waals surface area contributed by atoms with Gasteiger partial charge in [0.1, 0.15) is 34.5 Å². The maximum Gasteiger partial charge on any atom is 0.338 e. The quantitative estimate of drug-likeness (QED) is 0.122. The van der Waals surface area contributed by atoms with E-state index in [1.165, 1.54) is 29.8 Å². The number of carbonyl (C=O) groups is 1. The zero-order valence-electron chi connectivity index (χ0n) is 32.5. The maximum atomic E-state index is 11.2. The standard InChI is InChI=1S/C13H12O.2C11H16O2.C10H12O3/c14-13-9-5-4-8-12(13)10-11-6-2-1-3-7-11;1-11(2,3)9-7-8(13-4)5-6-10(9)12;1-11(2,3)9-7-8(12)5-6-10(9)13-4;1-2-7-13-10(12)8-3-5-9(11)6-4-8/h1-9,14H,10H2;2*5-7,12H,1-4H3;3-6,11H,2,7H2,1H3. The van der Waals surface area contributed by atoms with Crippen LogP contribution in [0.1, 0.15) is 87.5 Å². The summed E-state index contributed by atoms with van der Waals surface area (Å²) in [6.07, 6.45) is 1.59. The van der Waals surface area contributed by atoms with Crippen LogP contribution in [-0.4, -0.2) is 47.2 Å². The second-order valence-corrected chi connectivity index (χ2v) is 14.2. The molecule has 8 nitrogen and oxygen atoms in total. The van der Waals surface area contributed by atoms with Gasteiger partial charge in [0.25, 0.3) is 0 Å². The highest BCUT2D eigenvalue weighted by atomic mass is 16.5. The largest absolute Gasteiger partial charge is 0.508 e. The molecule has 0 amide bonds. The molecule has 5 aromatic rings. The molecule has 0 aromatic heterocycles. The molecule has 0 bridgehead atoms. The Morgan fingerprint density at radius 1 is 0.604 bits per heavy atom. The van der Waals surface area contributed by atoms with Crippen LogP contribution in [0.3, 0.4) is 0 Å². The van der Waals surface area contributed by atoms with Crippen molar-refractivity contribution in [3.8, 4) is 34.5 Å². The van der Waals surface area contributed by atoms with E-state index in [2.05, 4.69) is 53.7 Å². The summed E-state index contributed by atoms with van der Waals surface area (Å²) in [7, 11) is 3.26. The molecule has 0 aliphatic carbocycles. The normalized spacial score (nSPS) is 10.6. The Kier molecular flexibility index (Phi) is 17.3.